The monoisotopic (exact) mass is 288 g/mol. The molecule has 0 amide bonds. The van der Waals surface area contributed by atoms with Gasteiger partial charge in [0.2, 0.25) is 0 Å². The predicted octanol–water partition coefficient (Wildman–Crippen LogP) is 0.812. The van der Waals surface area contributed by atoms with E-state index in [0.717, 1.165) is 19.3 Å². The molecule has 1 aromatic carbocycles. The van der Waals surface area contributed by atoms with Crippen LogP contribution in [0.4, 0.5) is 5.69 Å². The highest BCUT2D eigenvalue weighted by atomic mass is 16.3. The minimum absolute atomic E-state index is 0.169. The van der Waals surface area contributed by atoms with Crippen LogP contribution in [-0.2, 0) is 20.0 Å². The third-order valence-corrected chi connectivity index (χ3v) is 4.09. The van der Waals surface area contributed by atoms with E-state index in [1.54, 1.807) is 7.05 Å². The maximum atomic E-state index is 11.5. The summed E-state index contributed by atoms with van der Waals surface area (Å²) in [5, 5.41) is 13.5. The minimum Gasteiger partial charge on any atom is -0.396 e. The fraction of sp³-hybridized carbons (Fsp3) is 0.467. The smallest absolute Gasteiger partial charge is 0.343 e. The number of nitrogens with one attached hydrogen (secondary N) is 1. The van der Waals surface area contributed by atoms with Crippen LogP contribution in [-0.4, -0.2) is 32.5 Å². The average Bonchev–Trinajstić information content (AvgIpc) is 2.80. The molecule has 2 heterocycles. The highest BCUT2D eigenvalue weighted by Gasteiger charge is 2.26. The molecule has 2 N–H and O–H groups in total. The van der Waals surface area contributed by atoms with E-state index in [-0.39, 0.29) is 18.3 Å². The normalized spacial score (nSPS) is 17.8. The van der Waals surface area contributed by atoms with Crippen LogP contribution >= 0.6 is 0 Å². The summed E-state index contributed by atoms with van der Waals surface area (Å²) in [6.45, 7) is 0.722. The van der Waals surface area contributed by atoms with Crippen LogP contribution in [0, 0.1) is 0 Å². The minimum atomic E-state index is -0.200. The van der Waals surface area contributed by atoms with Gasteiger partial charge in [0.05, 0.1) is 6.54 Å². The van der Waals surface area contributed by atoms with Crippen molar-refractivity contribution in [1.29, 1.82) is 0 Å². The van der Waals surface area contributed by atoms with Gasteiger partial charge < -0.3 is 10.0 Å². The summed E-state index contributed by atoms with van der Waals surface area (Å²) in [6, 6.07) is 8.58. The lowest BCUT2D eigenvalue weighted by atomic mass is 9.94. The zero-order valence-electron chi connectivity index (χ0n) is 12.1. The molecule has 21 heavy (non-hydrogen) atoms. The molecule has 0 radical (unpaired) electrons. The van der Waals surface area contributed by atoms with Crippen molar-refractivity contribution in [1.82, 2.24) is 14.8 Å². The van der Waals surface area contributed by atoms with Gasteiger partial charge in [-0.25, -0.2) is 9.48 Å². The number of aliphatic hydroxyl groups excluding tert-OH is 1. The van der Waals surface area contributed by atoms with Crippen molar-refractivity contribution < 1.29 is 5.11 Å². The first-order valence-electron chi connectivity index (χ1n) is 7.26. The Morgan fingerprint density at radius 2 is 2.24 bits per heavy atom. The van der Waals surface area contributed by atoms with E-state index in [4.69, 9.17) is 0 Å². The topological polar surface area (TPSA) is 74.2 Å². The van der Waals surface area contributed by atoms with Gasteiger partial charge in [0, 0.05) is 25.4 Å². The first kappa shape index (κ1) is 13.9. The number of aliphatic hydroxyl groups is 1. The van der Waals surface area contributed by atoms with E-state index in [1.165, 1.54) is 15.9 Å². The molecule has 3 rings (SSSR count). The molecular weight excluding hydrogens is 268 g/mol. The summed E-state index contributed by atoms with van der Waals surface area (Å²) in [5.74, 6) is 0.655. The van der Waals surface area contributed by atoms with Crippen molar-refractivity contribution in [2.75, 3.05) is 11.5 Å². The average molecular weight is 288 g/mol. The van der Waals surface area contributed by atoms with Crippen molar-refractivity contribution in [2.24, 2.45) is 7.05 Å². The van der Waals surface area contributed by atoms with E-state index in [9.17, 15) is 9.90 Å². The number of fused-ring (bicyclic) bond motifs is 1. The Bertz CT molecular complexity index is 676. The van der Waals surface area contributed by atoms with Crippen molar-refractivity contribution in [3.63, 3.8) is 0 Å². The lowest BCUT2D eigenvalue weighted by Gasteiger charge is -2.38. The summed E-state index contributed by atoms with van der Waals surface area (Å²) in [6.07, 6.45) is 2.76. The summed E-state index contributed by atoms with van der Waals surface area (Å²) in [5.41, 5.74) is 2.28. The first-order valence-corrected chi connectivity index (χ1v) is 7.26. The van der Waals surface area contributed by atoms with Crippen LogP contribution in [0.5, 0.6) is 0 Å². The van der Waals surface area contributed by atoms with E-state index >= 15 is 0 Å². The number of aromatic nitrogens is 3. The number of aromatic amines is 1. The summed E-state index contributed by atoms with van der Waals surface area (Å²) >= 11 is 0. The van der Waals surface area contributed by atoms with Crippen LogP contribution in [0.2, 0.25) is 0 Å². The Labute approximate surface area is 123 Å². The lowest BCUT2D eigenvalue weighted by molar-refractivity contribution is 0.267. The molecule has 0 fully saturated rings. The van der Waals surface area contributed by atoms with Gasteiger partial charge in [0.1, 0.15) is 0 Å². The van der Waals surface area contributed by atoms with Gasteiger partial charge in [-0.3, -0.25) is 4.98 Å². The number of para-hydroxylation sites is 1. The van der Waals surface area contributed by atoms with E-state index in [1.807, 2.05) is 12.1 Å². The van der Waals surface area contributed by atoms with Crippen LogP contribution in [0.15, 0.2) is 29.1 Å². The molecule has 1 aliphatic heterocycles. The number of benzene rings is 1. The van der Waals surface area contributed by atoms with E-state index in [0.29, 0.717) is 12.4 Å². The largest absolute Gasteiger partial charge is 0.396 e. The predicted molar refractivity (Wildman–Crippen MR) is 80.3 cm³/mol. The number of hydrogen-bond acceptors (Lipinski definition) is 4. The van der Waals surface area contributed by atoms with E-state index in [2.05, 4.69) is 27.1 Å². The molecule has 0 saturated heterocycles. The highest BCUT2D eigenvalue weighted by molar-refractivity contribution is 5.56. The van der Waals surface area contributed by atoms with Gasteiger partial charge in [0.15, 0.2) is 5.82 Å². The molecule has 6 nitrogen and oxygen atoms in total. The number of hydrogen-bond donors (Lipinski definition) is 2. The van der Waals surface area contributed by atoms with Crippen LogP contribution < -0.4 is 10.6 Å². The molecule has 2 aromatic rings. The van der Waals surface area contributed by atoms with Gasteiger partial charge in [-0.1, -0.05) is 18.2 Å². The van der Waals surface area contributed by atoms with Gasteiger partial charge in [-0.05, 0) is 30.9 Å². The fourth-order valence-electron chi connectivity index (χ4n) is 3.03. The quantitative estimate of drug-likeness (QED) is 0.873. The molecular formula is C15H20N4O2. The van der Waals surface area contributed by atoms with Crippen molar-refractivity contribution >= 4 is 5.69 Å². The third-order valence-electron chi connectivity index (χ3n) is 4.09. The van der Waals surface area contributed by atoms with Crippen LogP contribution in [0.3, 0.4) is 0 Å². The standard InChI is InChI=1S/C15H20N4O2/c1-18-15(21)16-14(17-18)10-19-12(8-9-20)7-6-11-4-2-3-5-13(11)19/h2-5,12,20H,6-10H2,1H3,(H,16,17,21). The number of nitrogens with zero attached hydrogens (tertiary/aromatic N) is 3. The van der Waals surface area contributed by atoms with Crippen LogP contribution in [0.1, 0.15) is 24.2 Å². The Kier molecular flexibility index (Phi) is 3.79. The molecule has 1 unspecified atom stereocenters. The zero-order chi connectivity index (χ0) is 14.8. The zero-order valence-corrected chi connectivity index (χ0v) is 12.1. The second-order valence-electron chi connectivity index (χ2n) is 5.46. The van der Waals surface area contributed by atoms with Crippen molar-refractivity contribution in [2.45, 2.75) is 31.8 Å². The van der Waals surface area contributed by atoms with E-state index < -0.39 is 0 Å². The van der Waals surface area contributed by atoms with Gasteiger partial charge in [-0.15, -0.1) is 0 Å². The van der Waals surface area contributed by atoms with Crippen molar-refractivity contribution in [3.05, 3.63) is 46.1 Å². The second kappa shape index (κ2) is 5.73. The number of anilines is 1. The maximum Gasteiger partial charge on any atom is 0.343 e. The molecule has 1 aromatic heterocycles. The Hall–Kier alpha value is -2.08. The molecule has 112 valence electrons. The number of H-pyrrole nitrogens is 1. The van der Waals surface area contributed by atoms with Crippen LogP contribution in [0.25, 0.3) is 0 Å². The van der Waals surface area contributed by atoms with Gasteiger partial charge >= 0.3 is 5.69 Å². The Balaban J connectivity index is 1.93. The summed E-state index contributed by atoms with van der Waals surface area (Å²) in [7, 11) is 1.64. The van der Waals surface area contributed by atoms with Gasteiger partial charge in [0.25, 0.3) is 0 Å². The molecule has 0 saturated carbocycles. The molecule has 0 aliphatic carbocycles. The number of rotatable bonds is 4. The lowest BCUT2D eigenvalue weighted by Crippen LogP contribution is -2.39. The first-order chi connectivity index (χ1) is 10.2. The third kappa shape index (κ3) is 2.71. The SMILES string of the molecule is Cn1nc(CN2c3ccccc3CCC2CCO)[nH]c1=O. The van der Waals surface area contributed by atoms with Crippen molar-refractivity contribution in [3.8, 4) is 0 Å². The maximum absolute atomic E-state index is 11.5. The Morgan fingerprint density at radius 1 is 1.43 bits per heavy atom. The summed E-state index contributed by atoms with van der Waals surface area (Å²) < 4.78 is 1.31. The molecule has 0 spiro atoms. The molecule has 0 bridgehead atoms. The molecule has 1 atom stereocenters. The highest BCUT2D eigenvalue weighted by Crippen LogP contribution is 2.32. The summed E-state index contributed by atoms with van der Waals surface area (Å²) in [4.78, 5) is 16.5. The number of aryl methyl sites for hydroxylation is 2. The fourth-order valence-corrected chi connectivity index (χ4v) is 3.03. The second-order valence-corrected chi connectivity index (χ2v) is 5.46. The van der Waals surface area contributed by atoms with Gasteiger partial charge in [-0.2, -0.15) is 5.10 Å². The Morgan fingerprint density at radius 3 is 2.95 bits per heavy atom. The molecule has 6 heteroatoms. The molecule has 1 aliphatic rings.